The van der Waals surface area contributed by atoms with Crippen molar-refractivity contribution in [3.63, 3.8) is 0 Å². The molecule has 0 spiro atoms. The molecule has 0 saturated carbocycles. The lowest BCUT2D eigenvalue weighted by atomic mass is 10.1. The van der Waals surface area contributed by atoms with Gasteiger partial charge in [0.2, 0.25) is 0 Å². The van der Waals surface area contributed by atoms with Crippen molar-refractivity contribution in [1.82, 2.24) is 24.9 Å². The highest BCUT2D eigenvalue weighted by Crippen LogP contribution is 2.26. The zero-order valence-corrected chi connectivity index (χ0v) is 17.5. The summed E-state index contributed by atoms with van der Waals surface area (Å²) in [7, 11) is 0. The number of anilines is 1. The van der Waals surface area contributed by atoms with E-state index in [2.05, 4.69) is 27.2 Å². The van der Waals surface area contributed by atoms with Crippen molar-refractivity contribution in [1.29, 1.82) is 0 Å². The molecule has 0 aliphatic heterocycles. The number of hydrogen-bond donors (Lipinski definition) is 3. The monoisotopic (exact) mass is 422 g/mol. The molecule has 5 rings (SSSR count). The molecule has 4 aromatic heterocycles. The Morgan fingerprint density at radius 1 is 1.00 bits per heavy atom. The molecule has 0 aliphatic carbocycles. The number of hydrogen-bond acceptors (Lipinski definition) is 6. The quantitative estimate of drug-likeness (QED) is 0.362. The Hall–Kier alpha value is -4.26. The van der Waals surface area contributed by atoms with Crippen molar-refractivity contribution in [2.24, 2.45) is 0 Å². The molecule has 0 bridgehead atoms. The number of nitrogens with zero attached hydrogens (tertiary/aromatic N) is 4. The number of nitrogens with one attached hydrogen (secondary N) is 2. The molecule has 158 valence electrons. The molecule has 1 atom stereocenters. The van der Waals surface area contributed by atoms with Gasteiger partial charge in [0.05, 0.1) is 5.69 Å². The summed E-state index contributed by atoms with van der Waals surface area (Å²) in [5.74, 6) is 1.53. The molecule has 0 amide bonds. The van der Waals surface area contributed by atoms with E-state index in [0.717, 1.165) is 40.0 Å². The predicted molar refractivity (Wildman–Crippen MR) is 125 cm³/mol. The average Bonchev–Trinajstić information content (AvgIpc) is 3.21. The van der Waals surface area contributed by atoms with Crippen LogP contribution in [0.2, 0.25) is 0 Å². The molecule has 0 fully saturated rings. The van der Waals surface area contributed by atoms with Crippen molar-refractivity contribution in [3.05, 3.63) is 84.9 Å². The number of benzene rings is 1. The molecular formula is C25H22N6O. The summed E-state index contributed by atoms with van der Waals surface area (Å²) in [4.78, 5) is 21.3. The van der Waals surface area contributed by atoms with Gasteiger partial charge in [0.15, 0.2) is 5.82 Å². The first-order valence-corrected chi connectivity index (χ1v) is 10.4. The standard InChI is InChI=1S/C25H22N6O/c1-16(11-18-15-28-21-8-7-19(32)12-20(18)21)29-24-13-23(17-5-4-9-26-14-17)30-25(31-24)22-6-2-3-10-27-22/h2-10,12-16,28,32H,11H2,1H3,(H,29,30,31). The van der Waals surface area contributed by atoms with Crippen molar-refractivity contribution < 1.29 is 5.11 Å². The van der Waals surface area contributed by atoms with Crippen LogP contribution in [0.4, 0.5) is 5.82 Å². The Morgan fingerprint density at radius 3 is 2.75 bits per heavy atom. The average molecular weight is 422 g/mol. The summed E-state index contributed by atoms with van der Waals surface area (Å²) in [5, 5.41) is 14.4. The van der Waals surface area contributed by atoms with Gasteiger partial charge in [0.25, 0.3) is 0 Å². The number of aromatic hydroxyl groups is 1. The highest BCUT2D eigenvalue weighted by Gasteiger charge is 2.13. The fourth-order valence-corrected chi connectivity index (χ4v) is 3.76. The van der Waals surface area contributed by atoms with Gasteiger partial charge in [-0.3, -0.25) is 9.97 Å². The summed E-state index contributed by atoms with van der Waals surface area (Å²) >= 11 is 0. The molecule has 32 heavy (non-hydrogen) atoms. The van der Waals surface area contributed by atoms with Gasteiger partial charge in [-0.1, -0.05) is 6.07 Å². The second kappa shape index (κ2) is 8.47. The minimum atomic E-state index is 0.0876. The molecular weight excluding hydrogens is 400 g/mol. The lowest BCUT2D eigenvalue weighted by Crippen LogP contribution is -2.19. The van der Waals surface area contributed by atoms with Gasteiger partial charge in [0.1, 0.15) is 17.3 Å². The van der Waals surface area contributed by atoms with E-state index in [9.17, 15) is 5.11 Å². The topological polar surface area (TPSA) is 99.6 Å². The molecule has 0 radical (unpaired) electrons. The molecule has 7 nitrogen and oxygen atoms in total. The Labute approximate surface area is 185 Å². The maximum absolute atomic E-state index is 9.86. The van der Waals surface area contributed by atoms with Crippen LogP contribution in [-0.2, 0) is 6.42 Å². The number of phenols is 1. The van der Waals surface area contributed by atoms with Crippen molar-refractivity contribution in [2.75, 3.05) is 5.32 Å². The lowest BCUT2D eigenvalue weighted by Gasteiger charge is -2.16. The Bertz CT molecular complexity index is 1290. The largest absolute Gasteiger partial charge is 0.508 e. The minimum absolute atomic E-state index is 0.0876. The normalized spacial score (nSPS) is 12.0. The molecule has 0 aliphatic rings. The van der Waals surface area contributed by atoms with Crippen molar-refractivity contribution in [2.45, 2.75) is 19.4 Å². The number of phenolic OH excluding ortho intramolecular Hbond substituents is 1. The smallest absolute Gasteiger partial charge is 0.180 e. The number of fused-ring (bicyclic) bond motifs is 1. The van der Waals surface area contributed by atoms with Crippen LogP contribution in [0.15, 0.2) is 79.4 Å². The van der Waals surface area contributed by atoms with Crippen LogP contribution < -0.4 is 5.32 Å². The highest BCUT2D eigenvalue weighted by molar-refractivity contribution is 5.84. The minimum Gasteiger partial charge on any atom is -0.508 e. The molecule has 0 saturated heterocycles. The third-order valence-corrected chi connectivity index (χ3v) is 5.25. The summed E-state index contributed by atoms with van der Waals surface area (Å²) < 4.78 is 0. The number of rotatable bonds is 6. The summed E-state index contributed by atoms with van der Waals surface area (Å²) in [5.41, 5.74) is 4.53. The van der Waals surface area contributed by atoms with Gasteiger partial charge >= 0.3 is 0 Å². The number of aromatic nitrogens is 5. The van der Waals surface area contributed by atoms with E-state index in [4.69, 9.17) is 9.97 Å². The van der Waals surface area contributed by atoms with E-state index in [1.165, 1.54) is 0 Å². The van der Waals surface area contributed by atoms with Crippen LogP contribution >= 0.6 is 0 Å². The molecule has 1 unspecified atom stereocenters. The second-order valence-corrected chi connectivity index (χ2v) is 7.71. The van der Waals surface area contributed by atoms with Crippen LogP contribution in [0.3, 0.4) is 0 Å². The van der Waals surface area contributed by atoms with Crippen molar-refractivity contribution >= 4 is 16.7 Å². The number of H-pyrrole nitrogens is 1. The van der Waals surface area contributed by atoms with E-state index >= 15 is 0 Å². The third kappa shape index (κ3) is 4.13. The van der Waals surface area contributed by atoms with Crippen molar-refractivity contribution in [3.8, 4) is 28.5 Å². The van der Waals surface area contributed by atoms with Crippen LogP contribution in [-0.4, -0.2) is 36.1 Å². The zero-order valence-electron chi connectivity index (χ0n) is 17.5. The Kier molecular flexibility index (Phi) is 5.21. The maximum Gasteiger partial charge on any atom is 0.180 e. The first-order valence-electron chi connectivity index (χ1n) is 10.4. The summed E-state index contributed by atoms with van der Waals surface area (Å²) in [6.07, 6.45) is 8.01. The zero-order chi connectivity index (χ0) is 21.9. The first-order chi connectivity index (χ1) is 15.7. The van der Waals surface area contributed by atoms with Gasteiger partial charge in [-0.2, -0.15) is 0 Å². The van der Waals surface area contributed by atoms with Crippen LogP contribution in [0.1, 0.15) is 12.5 Å². The fraction of sp³-hybridized carbons (Fsp3) is 0.120. The van der Waals surface area contributed by atoms with Crippen LogP contribution in [0.25, 0.3) is 33.7 Å². The molecule has 4 heterocycles. The van der Waals surface area contributed by atoms with E-state index in [0.29, 0.717) is 11.5 Å². The second-order valence-electron chi connectivity index (χ2n) is 7.71. The first kappa shape index (κ1) is 19.7. The van der Waals surface area contributed by atoms with E-state index in [1.807, 2.05) is 48.7 Å². The summed E-state index contributed by atoms with van der Waals surface area (Å²) in [6, 6.07) is 16.9. The van der Waals surface area contributed by atoms with Gasteiger partial charge in [-0.05, 0) is 61.4 Å². The van der Waals surface area contributed by atoms with Gasteiger partial charge in [-0.25, -0.2) is 9.97 Å². The van der Waals surface area contributed by atoms with Crippen LogP contribution in [0.5, 0.6) is 5.75 Å². The number of pyridine rings is 2. The Balaban J connectivity index is 1.46. The maximum atomic E-state index is 9.86. The molecule has 3 N–H and O–H groups in total. The summed E-state index contributed by atoms with van der Waals surface area (Å²) in [6.45, 7) is 2.11. The highest BCUT2D eigenvalue weighted by atomic mass is 16.3. The van der Waals surface area contributed by atoms with Gasteiger partial charge in [0, 0.05) is 53.4 Å². The van der Waals surface area contributed by atoms with E-state index < -0.39 is 0 Å². The molecule has 1 aromatic carbocycles. The van der Waals surface area contributed by atoms with Gasteiger partial charge in [-0.15, -0.1) is 0 Å². The van der Waals surface area contributed by atoms with Crippen LogP contribution in [0, 0.1) is 0 Å². The third-order valence-electron chi connectivity index (χ3n) is 5.25. The number of aromatic amines is 1. The van der Waals surface area contributed by atoms with E-state index in [-0.39, 0.29) is 11.8 Å². The lowest BCUT2D eigenvalue weighted by molar-refractivity contribution is 0.476. The van der Waals surface area contributed by atoms with E-state index in [1.54, 1.807) is 30.7 Å². The fourth-order valence-electron chi connectivity index (χ4n) is 3.76. The predicted octanol–water partition coefficient (Wildman–Crippen LogP) is 4.83. The molecule has 5 aromatic rings. The van der Waals surface area contributed by atoms with Gasteiger partial charge < -0.3 is 15.4 Å². The Morgan fingerprint density at radius 2 is 1.94 bits per heavy atom. The SMILES string of the molecule is CC(Cc1c[nH]c2ccc(O)cc12)Nc1cc(-c2cccnc2)nc(-c2ccccn2)n1. The molecule has 7 heteroatoms.